The third-order valence-electron chi connectivity index (χ3n) is 5.81. The monoisotopic (exact) mass is 509 g/mol. The Kier molecular flexibility index (Phi) is 7.32. The number of aliphatic imine (C=N–C) groups is 1. The predicted molar refractivity (Wildman–Crippen MR) is 127 cm³/mol. The first-order chi connectivity index (χ1) is 13.7. The molecule has 1 aliphatic heterocycles. The molecule has 1 saturated heterocycles. The lowest BCUT2D eigenvalue weighted by Crippen LogP contribution is -2.41. The van der Waals surface area contributed by atoms with Crippen molar-refractivity contribution >= 4 is 35.8 Å². The number of pyridine rings is 1. The second-order valence-corrected chi connectivity index (χ2v) is 7.79. The fourth-order valence-electron chi connectivity index (χ4n) is 3.89. The van der Waals surface area contributed by atoms with Crippen LogP contribution in [0.25, 0.3) is 0 Å². The van der Waals surface area contributed by atoms with Gasteiger partial charge in [-0.1, -0.05) is 12.1 Å². The Morgan fingerprint density at radius 3 is 2.66 bits per heavy atom. The van der Waals surface area contributed by atoms with Crippen LogP contribution in [0, 0.1) is 5.82 Å². The van der Waals surface area contributed by atoms with Crippen molar-refractivity contribution in [1.82, 2.24) is 15.6 Å². The second kappa shape index (κ2) is 9.73. The van der Waals surface area contributed by atoms with E-state index < -0.39 is 0 Å². The summed E-state index contributed by atoms with van der Waals surface area (Å²) in [5.74, 6) is 1.66. The molecule has 4 rings (SSSR count). The van der Waals surface area contributed by atoms with Crippen molar-refractivity contribution in [3.05, 3.63) is 59.5 Å². The summed E-state index contributed by atoms with van der Waals surface area (Å²) >= 11 is 0. The standard InChI is InChI=1S/C22H28FN5.HI/c1-24-21(27-16-22(8-9-22)18-5-4-6-19(23)14-18)26-15-17-7-10-25-20(13-17)28-11-2-3-12-28;/h4-7,10,13-14H,2-3,8-9,11-12,15-16H2,1H3,(H2,24,26,27);1H. The number of nitrogens with one attached hydrogen (secondary N) is 2. The lowest BCUT2D eigenvalue weighted by molar-refractivity contribution is 0.607. The summed E-state index contributed by atoms with van der Waals surface area (Å²) in [5.41, 5.74) is 2.28. The minimum Gasteiger partial charge on any atom is -0.357 e. The van der Waals surface area contributed by atoms with Gasteiger partial charge in [0.2, 0.25) is 0 Å². The molecule has 2 heterocycles. The van der Waals surface area contributed by atoms with Crippen LogP contribution in [0.3, 0.4) is 0 Å². The molecule has 0 atom stereocenters. The van der Waals surface area contributed by atoms with Crippen LogP contribution in [-0.4, -0.2) is 37.6 Å². The summed E-state index contributed by atoms with van der Waals surface area (Å²) in [5, 5.41) is 6.81. The van der Waals surface area contributed by atoms with Gasteiger partial charge in [-0.3, -0.25) is 4.99 Å². The SMILES string of the molecule is CN=C(NCc1ccnc(N2CCCC2)c1)NCC1(c2cccc(F)c2)CC1.I. The van der Waals surface area contributed by atoms with Crippen molar-refractivity contribution in [2.24, 2.45) is 4.99 Å². The summed E-state index contributed by atoms with van der Waals surface area (Å²) in [7, 11) is 1.78. The molecule has 29 heavy (non-hydrogen) atoms. The summed E-state index contributed by atoms with van der Waals surface area (Å²) < 4.78 is 13.6. The maximum atomic E-state index is 13.6. The van der Waals surface area contributed by atoms with Crippen LogP contribution in [0.1, 0.15) is 36.8 Å². The maximum absolute atomic E-state index is 13.6. The van der Waals surface area contributed by atoms with E-state index in [9.17, 15) is 4.39 Å². The van der Waals surface area contributed by atoms with E-state index in [0.717, 1.165) is 49.8 Å². The number of hydrogen-bond donors (Lipinski definition) is 2. The average molecular weight is 509 g/mol. The zero-order valence-corrected chi connectivity index (χ0v) is 19.2. The molecule has 2 aromatic rings. The highest BCUT2D eigenvalue weighted by atomic mass is 127. The van der Waals surface area contributed by atoms with Gasteiger partial charge >= 0.3 is 0 Å². The van der Waals surface area contributed by atoms with E-state index in [2.05, 4.69) is 31.6 Å². The Bertz CT molecular complexity index is 847. The number of halogens is 2. The van der Waals surface area contributed by atoms with E-state index in [-0.39, 0.29) is 35.2 Å². The number of aromatic nitrogens is 1. The molecule has 1 aliphatic carbocycles. The zero-order chi connectivity index (χ0) is 19.4. The highest BCUT2D eigenvalue weighted by Gasteiger charge is 2.44. The first kappa shape index (κ1) is 21.8. The van der Waals surface area contributed by atoms with Gasteiger partial charge in [0.05, 0.1) is 0 Å². The molecule has 1 aromatic carbocycles. The third kappa shape index (κ3) is 5.38. The summed E-state index contributed by atoms with van der Waals surface area (Å²) in [6.45, 7) is 3.63. The Labute approximate surface area is 189 Å². The van der Waals surface area contributed by atoms with E-state index in [0.29, 0.717) is 6.54 Å². The highest BCUT2D eigenvalue weighted by molar-refractivity contribution is 14.0. The van der Waals surface area contributed by atoms with Crippen molar-refractivity contribution in [1.29, 1.82) is 0 Å². The Morgan fingerprint density at radius 1 is 1.17 bits per heavy atom. The second-order valence-electron chi connectivity index (χ2n) is 7.79. The fourth-order valence-corrected chi connectivity index (χ4v) is 3.89. The molecule has 5 nitrogen and oxygen atoms in total. The van der Waals surface area contributed by atoms with Gasteiger partial charge in [0, 0.05) is 44.8 Å². The van der Waals surface area contributed by atoms with Crippen LogP contribution in [0.2, 0.25) is 0 Å². The Hall–Kier alpha value is -1.90. The minimum absolute atomic E-state index is 0. The molecule has 0 radical (unpaired) electrons. The molecule has 1 saturated carbocycles. The van der Waals surface area contributed by atoms with Crippen molar-refractivity contribution < 1.29 is 4.39 Å². The van der Waals surface area contributed by atoms with Gasteiger partial charge in [0.1, 0.15) is 11.6 Å². The summed E-state index contributed by atoms with van der Waals surface area (Å²) in [4.78, 5) is 11.2. The van der Waals surface area contributed by atoms with E-state index in [4.69, 9.17) is 0 Å². The molecule has 0 unspecified atom stereocenters. The minimum atomic E-state index is -0.169. The summed E-state index contributed by atoms with van der Waals surface area (Å²) in [6, 6.07) is 11.2. The Morgan fingerprint density at radius 2 is 1.97 bits per heavy atom. The van der Waals surface area contributed by atoms with E-state index in [1.807, 2.05) is 18.3 Å². The number of guanidine groups is 1. The molecule has 2 N–H and O–H groups in total. The largest absolute Gasteiger partial charge is 0.357 e. The van der Waals surface area contributed by atoms with Crippen molar-refractivity contribution in [3.63, 3.8) is 0 Å². The van der Waals surface area contributed by atoms with Gasteiger partial charge in [0.25, 0.3) is 0 Å². The number of benzene rings is 1. The van der Waals surface area contributed by atoms with Gasteiger partial charge < -0.3 is 15.5 Å². The van der Waals surface area contributed by atoms with Gasteiger partial charge in [0.15, 0.2) is 5.96 Å². The van der Waals surface area contributed by atoms with E-state index >= 15 is 0 Å². The van der Waals surface area contributed by atoms with E-state index in [1.165, 1.54) is 24.5 Å². The third-order valence-corrected chi connectivity index (χ3v) is 5.81. The van der Waals surface area contributed by atoms with Crippen LogP contribution >= 0.6 is 24.0 Å². The number of nitrogens with zero attached hydrogens (tertiary/aromatic N) is 3. The van der Waals surface area contributed by atoms with Crippen LogP contribution < -0.4 is 15.5 Å². The quantitative estimate of drug-likeness (QED) is 0.353. The smallest absolute Gasteiger partial charge is 0.191 e. The molecule has 1 aromatic heterocycles. The molecule has 0 spiro atoms. The molecular formula is C22H29FIN5. The normalized spacial score (nSPS) is 17.6. The lowest BCUT2D eigenvalue weighted by Gasteiger charge is -2.20. The van der Waals surface area contributed by atoms with Crippen LogP contribution in [0.5, 0.6) is 0 Å². The highest BCUT2D eigenvalue weighted by Crippen LogP contribution is 2.47. The van der Waals surface area contributed by atoms with Crippen molar-refractivity contribution in [2.45, 2.75) is 37.6 Å². The number of rotatable bonds is 6. The molecule has 2 aliphatic rings. The summed E-state index contributed by atoms with van der Waals surface area (Å²) in [6.07, 6.45) is 6.51. The van der Waals surface area contributed by atoms with Crippen molar-refractivity contribution in [2.75, 3.05) is 31.6 Å². The van der Waals surface area contributed by atoms with Gasteiger partial charge in [-0.25, -0.2) is 9.37 Å². The fraction of sp³-hybridized carbons (Fsp3) is 0.455. The molecule has 7 heteroatoms. The molecule has 156 valence electrons. The van der Waals surface area contributed by atoms with Gasteiger partial charge in [-0.2, -0.15) is 0 Å². The van der Waals surface area contributed by atoms with Crippen LogP contribution in [-0.2, 0) is 12.0 Å². The molecular weight excluding hydrogens is 480 g/mol. The maximum Gasteiger partial charge on any atom is 0.191 e. The zero-order valence-electron chi connectivity index (χ0n) is 16.8. The topological polar surface area (TPSA) is 52.6 Å². The molecule has 0 amide bonds. The first-order valence-electron chi connectivity index (χ1n) is 10.1. The number of anilines is 1. The first-order valence-corrected chi connectivity index (χ1v) is 10.1. The van der Waals surface area contributed by atoms with Crippen LogP contribution in [0.15, 0.2) is 47.6 Å². The van der Waals surface area contributed by atoms with E-state index in [1.54, 1.807) is 19.2 Å². The average Bonchev–Trinajstić information content (AvgIpc) is 3.31. The predicted octanol–water partition coefficient (Wildman–Crippen LogP) is 3.84. The number of hydrogen-bond acceptors (Lipinski definition) is 3. The molecule has 2 fully saturated rings. The molecule has 0 bridgehead atoms. The van der Waals surface area contributed by atoms with Gasteiger partial charge in [-0.15, -0.1) is 24.0 Å². The van der Waals surface area contributed by atoms with Crippen molar-refractivity contribution in [3.8, 4) is 0 Å². The lowest BCUT2D eigenvalue weighted by atomic mass is 9.96. The van der Waals surface area contributed by atoms with Gasteiger partial charge in [-0.05, 0) is 61.1 Å². The Balaban J connectivity index is 0.00000240. The van der Waals surface area contributed by atoms with Crippen LogP contribution in [0.4, 0.5) is 10.2 Å².